The van der Waals surface area contributed by atoms with Crippen molar-refractivity contribution in [2.75, 3.05) is 33.2 Å². The lowest BCUT2D eigenvalue weighted by molar-refractivity contribution is 0.176. The van der Waals surface area contributed by atoms with Gasteiger partial charge in [0.15, 0.2) is 5.82 Å². The maximum atomic E-state index is 13.3. The van der Waals surface area contributed by atoms with Crippen molar-refractivity contribution in [3.05, 3.63) is 42.1 Å². The number of hydrogen-bond acceptors (Lipinski definition) is 10. The molecule has 0 aliphatic heterocycles. The molecule has 1 aromatic carbocycles. The number of ether oxygens (including phenoxy) is 4. The zero-order valence-electron chi connectivity index (χ0n) is 19.8. The zero-order valence-corrected chi connectivity index (χ0v) is 20.7. The summed E-state index contributed by atoms with van der Waals surface area (Å²) in [5, 5.41) is 7.30. The molecule has 34 heavy (non-hydrogen) atoms. The minimum absolute atomic E-state index is 0.0327. The lowest BCUT2D eigenvalue weighted by Crippen LogP contribution is -2.31. The average molecular weight is 493 g/mol. The maximum Gasteiger partial charge on any atom is 0.243 e. The van der Waals surface area contributed by atoms with E-state index in [0.717, 1.165) is 0 Å². The molecule has 3 aromatic rings. The molecule has 0 saturated heterocycles. The molecule has 0 fully saturated rings. The van der Waals surface area contributed by atoms with Crippen LogP contribution >= 0.6 is 0 Å². The van der Waals surface area contributed by atoms with E-state index < -0.39 is 21.2 Å². The fraction of sp³-hybridized carbons (Fsp3) is 0.429. The molecule has 2 atom stereocenters. The number of hydrogen-bond donors (Lipinski definition) is 1. The van der Waals surface area contributed by atoms with Crippen molar-refractivity contribution in [3.63, 3.8) is 0 Å². The van der Waals surface area contributed by atoms with Crippen molar-refractivity contribution in [1.82, 2.24) is 24.7 Å². The first-order chi connectivity index (χ1) is 16.3. The van der Waals surface area contributed by atoms with Crippen LogP contribution in [-0.4, -0.2) is 66.8 Å². The van der Waals surface area contributed by atoms with Gasteiger partial charge in [-0.3, -0.25) is 14.3 Å². The number of rotatable bonds is 11. The van der Waals surface area contributed by atoms with Crippen LogP contribution in [0.4, 0.5) is 5.95 Å². The van der Waals surface area contributed by atoms with Gasteiger partial charge in [0.05, 0.1) is 44.7 Å². The first-order valence-electron chi connectivity index (χ1n) is 10.3. The van der Waals surface area contributed by atoms with E-state index in [1.807, 2.05) is 0 Å². The summed E-state index contributed by atoms with van der Waals surface area (Å²) in [6, 6.07) is 5.20. The van der Waals surface area contributed by atoms with Gasteiger partial charge < -0.3 is 18.9 Å². The first kappa shape index (κ1) is 25.2. The maximum absolute atomic E-state index is 13.3. The Labute approximate surface area is 198 Å². The topological polar surface area (TPSA) is 140 Å². The average Bonchev–Trinajstić information content (AvgIpc) is 3.23. The van der Waals surface area contributed by atoms with Gasteiger partial charge in [0.1, 0.15) is 23.8 Å². The summed E-state index contributed by atoms with van der Waals surface area (Å²) in [6.07, 6.45) is 2.94. The highest BCUT2D eigenvalue weighted by atomic mass is 32.2. The van der Waals surface area contributed by atoms with Crippen molar-refractivity contribution in [1.29, 1.82) is 0 Å². The van der Waals surface area contributed by atoms with Crippen LogP contribution in [0.2, 0.25) is 0 Å². The molecule has 1 N–H and O–H groups in total. The normalized spacial score (nSPS) is 13.2. The quantitative estimate of drug-likeness (QED) is 0.423. The molecule has 0 amide bonds. The number of nitrogens with zero attached hydrogens (tertiary/aromatic N) is 5. The zero-order chi connectivity index (χ0) is 24.9. The molecule has 2 heterocycles. The Morgan fingerprint density at radius 1 is 0.971 bits per heavy atom. The molecule has 12 nitrogen and oxygen atoms in total. The SMILES string of the molecule is COCc1nnc(NS(=O)(=O)[C@@H](C)[C@H](C)c2cnc(OC)cn2)n1-c1c(OC)cccc1OC. The van der Waals surface area contributed by atoms with Gasteiger partial charge in [-0.25, -0.2) is 13.4 Å². The van der Waals surface area contributed by atoms with Gasteiger partial charge in [-0.2, -0.15) is 0 Å². The second kappa shape index (κ2) is 10.7. The van der Waals surface area contributed by atoms with Crippen LogP contribution in [0.3, 0.4) is 0 Å². The summed E-state index contributed by atoms with van der Waals surface area (Å²) in [4.78, 5) is 8.38. The highest BCUT2D eigenvalue weighted by Gasteiger charge is 2.31. The van der Waals surface area contributed by atoms with E-state index in [2.05, 4.69) is 24.9 Å². The number of aromatic nitrogens is 5. The molecule has 0 aliphatic rings. The molecule has 0 bridgehead atoms. The predicted molar refractivity (Wildman–Crippen MR) is 124 cm³/mol. The number of para-hydroxylation sites is 1. The van der Waals surface area contributed by atoms with Crippen LogP contribution in [0.1, 0.15) is 31.3 Å². The largest absolute Gasteiger partial charge is 0.494 e. The van der Waals surface area contributed by atoms with Gasteiger partial charge in [-0.1, -0.05) is 13.0 Å². The molecular formula is C21H28N6O6S. The number of benzene rings is 1. The summed E-state index contributed by atoms with van der Waals surface area (Å²) in [5.41, 5.74) is 0.940. The molecule has 184 valence electrons. The van der Waals surface area contributed by atoms with Crippen molar-refractivity contribution < 1.29 is 27.4 Å². The summed E-state index contributed by atoms with van der Waals surface area (Å²) in [7, 11) is 2.04. The molecule has 0 radical (unpaired) electrons. The fourth-order valence-electron chi connectivity index (χ4n) is 3.29. The van der Waals surface area contributed by atoms with E-state index in [1.54, 1.807) is 32.0 Å². The van der Waals surface area contributed by atoms with Gasteiger partial charge in [0.2, 0.25) is 21.9 Å². The van der Waals surface area contributed by atoms with E-state index in [4.69, 9.17) is 18.9 Å². The first-order valence-corrected chi connectivity index (χ1v) is 11.8. The van der Waals surface area contributed by atoms with Crippen molar-refractivity contribution in [2.45, 2.75) is 31.6 Å². The van der Waals surface area contributed by atoms with E-state index in [0.29, 0.717) is 34.6 Å². The Hall–Kier alpha value is -3.45. The lowest BCUT2D eigenvalue weighted by atomic mass is 10.1. The Morgan fingerprint density at radius 2 is 1.65 bits per heavy atom. The Morgan fingerprint density at radius 3 is 2.18 bits per heavy atom. The minimum Gasteiger partial charge on any atom is -0.494 e. The van der Waals surface area contributed by atoms with Gasteiger partial charge in [-0.15, -0.1) is 10.2 Å². The standard InChI is InChI=1S/C21H28N6O6S/c1-13(15-10-23-19(33-6)11-22-15)14(2)34(28,29)26-21-25-24-18(12-30-3)27(21)20-16(31-4)8-7-9-17(20)32-5/h7-11,13-14H,12H2,1-6H3,(H,25,26)/t13-,14-/m0/s1. The van der Waals surface area contributed by atoms with Crippen LogP contribution < -0.4 is 18.9 Å². The van der Waals surface area contributed by atoms with Crippen LogP contribution in [-0.2, 0) is 21.4 Å². The molecule has 0 spiro atoms. The Bertz CT molecular complexity index is 1190. The number of sulfonamides is 1. The van der Waals surface area contributed by atoms with Gasteiger partial charge in [0.25, 0.3) is 0 Å². The monoisotopic (exact) mass is 492 g/mol. The second-order valence-electron chi connectivity index (χ2n) is 7.34. The molecule has 0 aliphatic carbocycles. The van der Waals surface area contributed by atoms with Gasteiger partial charge in [-0.05, 0) is 19.1 Å². The van der Waals surface area contributed by atoms with Crippen LogP contribution in [0.5, 0.6) is 17.4 Å². The molecule has 13 heteroatoms. The Kier molecular flexibility index (Phi) is 7.89. The van der Waals surface area contributed by atoms with Crippen molar-refractivity contribution in [2.24, 2.45) is 0 Å². The van der Waals surface area contributed by atoms with Crippen molar-refractivity contribution in [3.8, 4) is 23.1 Å². The number of nitrogens with one attached hydrogen (secondary N) is 1. The summed E-state index contributed by atoms with van der Waals surface area (Å²) in [5.74, 6) is 1.05. The van der Waals surface area contributed by atoms with Crippen LogP contribution in [0.25, 0.3) is 5.69 Å². The third-order valence-electron chi connectivity index (χ3n) is 5.38. The van der Waals surface area contributed by atoms with Gasteiger partial charge >= 0.3 is 0 Å². The van der Waals surface area contributed by atoms with Crippen LogP contribution in [0.15, 0.2) is 30.6 Å². The Balaban J connectivity index is 2.01. The van der Waals surface area contributed by atoms with E-state index in [1.165, 1.54) is 45.4 Å². The van der Waals surface area contributed by atoms with Gasteiger partial charge in [0, 0.05) is 13.0 Å². The lowest BCUT2D eigenvalue weighted by Gasteiger charge is -2.21. The van der Waals surface area contributed by atoms with Crippen LogP contribution in [0, 0.1) is 0 Å². The number of anilines is 1. The highest BCUT2D eigenvalue weighted by Crippen LogP contribution is 2.36. The summed E-state index contributed by atoms with van der Waals surface area (Å²) < 4.78 is 52.0. The van der Waals surface area contributed by atoms with E-state index in [-0.39, 0.29) is 12.6 Å². The summed E-state index contributed by atoms with van der Waals surface area (Å²) in [6.45, 7) is 3.41. The minimum atomic E-state index is -3.94. The molecule has 2 aromatic heterocycles. The molecule has 3 rings (SSSR count). The number of methoxy groups -OCH3 is 4. The van der Waals surface area contributed by atoms with E-state index >= 15 is 0 Å². The highest BCUT2D eigenvalue weighted by molar-refractivity contribution is 7.93. The predicted octanol–water partition coefficient (Wildman–Crippen LogP) is 2.16. The third kappa shape index (κ3) is 5.04. The fourth-order valence-corrected chi connectivity index (χ4v) is 4.54. The third-order valence-corrected chi connectivity index (χ3v) is 7.23. The molecular weight excluding hydrogens is 464 g/mol. The molecule has 0 saturated carbocycles. The van der Waals surface area contributed by atoms with Crippen molar-refractivity contribution >= 4 is 16.0 Å². The van der Waals surface area contributed by atoms with E-state index in [9.17, 15) is 8.42 Å². The second-order valence-corrected chi connectivity index (χ2v) is 9.38. The smallest absolute Gasteiger partial charge is 0.243 e. The molecule has 0 unspecified atom stereocenters. The summed E-state index contributed by atoms with van der Waals surface area (Å²) >= 11 is 0.